The van der Waals surface area contributed by atoms with E-state index in [4.69, 9.17) is 4.42 Å². The summed E-state index contributed by atoms with van der Waals surface area (Å²) in [5.74, 6) is 0.0504. The van der Waals surface area contributed by atoms with Crippen LogP contribution in [0.25, 0.3) is 0 Å². The molecule has 7 nitrogen and oxygen atoms in total. The first-order valence-electron chi connectivity index (χ1n) is 9.56. The molecule has 0 unspecified atom stereocenters. The Morgan fingerprint density at radius 1 is 0.931 bits per heavy atom. The van der Waals surface area contributed by atoms with Crippen LogP contribution in [0.4, 0.5) is 5.69 Å². The van der Waals surface area contributed by atoms with E-state index in [9.17, 15) is 9.59 Å². The lowest BCUT2D eigenvalue weighted by Gasteiger charge is -2.34. The normalized spacial score (nSPS) is 13.9. The van der Waals surface area contributed by atoms with Crippen molar-refractivity contribution in [3.8, 4) is 0 Å². The molecule has 29 heavy (non-hydrogen) atoms. The molecule has 1 saturated heterocycles. The van der Waals surface area contributed by atoms with Crippen molar-refractivity contribution in [2.45, 2.75) is 6.54 Å². The van der Waals surface area contributed by atoms with Crippen LogP contribution in [0.15, 0.2) is 71.5 Å². The Kier molecular flexibility index (Phi) is 5.56. The monoisotopic (exact) mass is 390 g/mol. The van der Waals surface area contributed by atoms with Gasteiger partial charge in [-0.1, -0.05) is 30.3 Å². The highest BCUT2D eigenvalue weighted by Gasteiger charge is 2.27. The number of furan rings is 1. The van der Waals surface area contributed by atoms with E-state index >= 15 is 0 Å². The molecule has 1 aliphatic heterocycles. The number of rotatable bonds is 5. The number of pyridine rings is 1. The summed E-state index contributed by atoms with van der Waals surface area (Å²) in [7, 11) is 0. The fourth-order valence-electron chi connectivity index (χ4n) is 3.29. The van der Waals surface area contributed by atoms with Gasteiger partial charge in [-0.25, -0.2) is 0 Å². The minimum Gasteiger partial charge on any atom is -0.459 e. The second-order valence-electron chi connectivity index (χ2n) is 6.83. The number of amides is 2. The van der Waals surface area contributed by atoms with Gasteiger partial charge in [-0.2, -0.15) is 0 Å². The van der Waals surface area contributed by atoms with Crippen molar-refractivity contribution in [2.75, 3.05) is 31.5 Å². The summed E-state index contributed by atoms with van der Waals surface area (Å²) >= 11 is 0. The minimum absolute atomic E-state index is 0.126. The third-order valence-corrected chi connectivity index (χ3v) is 4.90. The van der Waals surface area contributed by atoms with Crippen molar-refractivity contribution in [3.05, 3.63) is 84.1 Å². The molecule has 2 aromatic heterocycles. The largest absolute Gasteiger partial charge is 0.459 e. The second-order valence-corrected chi connectivity index (χ2v) is 6.83. The SMILES string of the molecule is O=C(c1cc(NCc2ccccc2)ccn1)N1CCN(C(=O)c2ccco2)CC1. The van der Waals surface area contributed by atoms with Crippen molar-refractivity contribution >= 4 is 17.5 Å². The number of benzene rings is 1. The van der Waals surface area contributed by atoms with Crippen LogP contribution >= 0.6 is 0 Å². The molecule has 7 heteroatoms. The molecule has 3 aromatic rings. The van der Waals surface area contributed by atoms with Crippen LogP contribution in [0.1, 0.15) is 26.6 Å². The first kappa shape index (κ1) is 18.7. The van der Waals surface area contributed by atoms with Crippen LogP contribution in [-0.4, -0.2) is 52.8 Å². The van der Waals surface area contributed by atoms with Crippen LogP contribution in [0, 0.1) is 0 Å². The third kappa shape index (κ3) is 4.45. The van der Waals surface area contributed by atoms with Gasteiger partial charge in [0, 0.05) is 44.6 Å². The van der Waals surface area contributed by atoms with Crippen molar-refractivity contribution in [2.24, 2.45) is 0 Å². The molecule has 0 aliphatic carbocycles. The number of hydrogen-bond acceptors (Lipinski definition) is 5. The maximum absolute atomic E-state index is 12.8. The molecule has 4 rings (SSSR count). The van der Waals surface area contributed by atoms with E-state index < -0.39 is 0 Å². The van der Waals surface area contributed by atoms with Gasteiger partial charge in [0.05, 0.1) is 6.26 Å². The van der Waals surface area contributed by atoms with Gasteiger partial charge in [0.2, 0.25) is 0 Å². The van der Waals surface area contributed by atoms with Gasteiger partial charge in [-0.05, 0) is 29.8 Å². The number of carbonyl (C=O) groups is 2. The lowest BCUT2D eigenvalue weighted by atomic mass is 10.2. The summed E-state index contributed by atoms with van der Waals surface area (Å²) in [6, 6.07) is 17.0. The Hall–Kier alpha value is -3.61. The van der Waals surface area contributed by atoms with Gasteiger partial charge in [-0.15, -0.1) is 0 Å². The molecule has 1 aliphatic rings. The average Bonchev–Trinajstić information content (AvgIpc) is 3.33. The quantitative estimate of drug-likeness (QED) is 0.725. The second kappa shape index (κ2) is 8.60. The summed E-state index contributed by atoms with van der Waals surface area (Å²) in [5.41, 5.74) is 2.40. The van der Waals surface area contributed by atoms with Crippen molar-refractivity contribution < 1.29 is 14.0 Å². The molecule has 0 atom stereocenters. The summed E-state index contributed by atoms with van der Waals surface area (Å²) in [5, 5.41) is 3.32. The van der Waals surface area contributed by atoms with Gasteiger partial charge >= 0.3 is 0 Å². The van der Waals surface area contributed by atoms with Crippen LogP contribution in [0.2, 0.25) is 0 Å². The van der Waals surface area contributed by atoms with Gasteiger partial charge in [0.15, 0.2) is 5.76 Å². The van der Waals surface area contributed by atoms with Crippen LogP contribution in [0.5, 0.6) is 0 Å². The fourth-order valence-corrected chi connectivity index (χ4v) is 3.29. The Morgan fingerprint density at radius 3 is 2.34 bits per heavy atom. The zero-order valence-electron chi connectivity index (χ0n) is 16.0. The average molecular weight is 390 g/mol. The molecule has 1 N–H and O–H groups in total. The van der Waals surface area contributed by atoms with Crippen molar-refractivity contribution in [1.29, 1.82) is 0 Å². The molecule has 0 bridgehead atoms. The Morgan fingerprint density at radius 2 is 1.66 bits per heavy atom. The third-order valence-electron chi connectivity index (χ3n) is 4.90. The predicted octanol–water partition coefficient (Wildman–Crippen LogP) is 2.88. The van der Waals surface area contributed by atoms with Crippen molar-refractivity contribution in [1.82, 2.24) is 14.8 Å². The number of carbonyl (C=O) groups excluding carboxylic acids is 2. The molecule has 1 aromatic carbocycles. The Labute approximate surface area is 169 Å². The van der Waals surface area contributed by atoms with E-state index in [2.05, 4.69) is 10.3 Å². The summed E-state index contributed by atoms with van der Waals surface area (Å²) in [6.45, 7) is 2.55. The highest BCUT2D eigenvalue weighted by atomic mass is 16.3. The predicted molar refractivity (Wildman–Crippen MR) is 109 cm³/mol. The van der Waals surface area contributed by atoms with Gasteiger partial charge in [-0.3, -0.25) is 14.6 Å². The summed E-state index contributed by atoms with van der Waals surface area (Å²) in [6.07, 6.45) is 3.12. The highest BCUT2D eigenvalue weighted by molar-refractivity contribution is 5.94. The maximum Gasteiger partial charge on any atom is 0.289 e. The summed E-state index contributed by atoms with van der Waals surface area (Å²) < 4.78 is 5.17. The molecule has 0 spiro atoms. The smallest absolute Gasteiger partial charge is 0.289 e. The molecule has 1 fully saturated rings. The number of anilines is 1. The van der Waals surface area contributed by atoms with Crippen molar-refractivity contribution in [3.63, 3.8) is 0 Å². The van der Waals surface area contributed by atoms with Gasteiger partial charge in [0.25, 0.3) is 11.8 Å². The van der Waals surface area contributed by atoms with Crippen LogP contribution in [0.3, 0.4) is 0 Å². The molecule has 0 saturated carbocycles. The molecule has 148 valence electrons. The maximum atomic E-state index is 12.8. The zero-order valence-corrected chi connectivity index (χ0v) is 16.0. The first-order valence-corrected chi connectivity index (χ1v) is 9.56. The van der Waals surface area contributed by atoms with E-state index in [1.54, 1.807) is 34.2 Å². The molecule has 2 amide bonds. The fraction of sp³-hybridized carbons (Fsp3) is 0.227. The molecule has 0 radical (unpaired) electrons. The van der Waals surface area contributed by atoms with Crippen LogP contribution in [-0.2, 0) is 6.54 Å². The van der Waals surface area contributed by atoms with Gasteiger partial charge in [0.1, 0.15) is 5.69 Å². The van der Waals surface area contributed by atoms with E-state index in [1.807, 2.05) is 36.4 Å². The molecular weight excluding hydrogens is 368 g/mol. The standard InChI is InChI=1S/C22H22N4O3/c27-21(25-10-12-26(13-11-25)22(28)20-7-4-14-29-20)19-15-18(8-9-23-19)24-16-17-5-2-1-3-6-17/h1-9,14-15H,10-13,16H2,(H,23,24). The van der Waals surface area contributed by atoms with E-state index in [0.29, 0.717) is 44.2 Å². The number of hydrogen-bond donors (Lipinski definition) is 1. The minimum atomic E-state index is -0.146. The number of piperazine rings is 1. The Balaban J connectivity index is 1.34. The molecule has 3 heterocycles. The van der Waals surface area contributed by atoms with E-state index in [1.165, 1.54) is 6.26 Å². The highest BCUT2D eigenvalue weighted by Crippen LogP contribution is 2.14. The number of nitrogens with zero attached hydrogens (tertiary/aromatic N) is 3. The topological polar surface area (TPSA) is 78.7 Å². The lowest BCUT2D eigenvalue weighted by Crippen LogP contribution is -2.50. The number of aromatic nitrogens is 1. The zero-order chi connectivity index (χ0) is 20.1. The lowest BCUT2D eigenvalue weighted by molar-refractivity contribution is 0.0515. The Bertz CT molecular complexity index is 965. The van der Waals surface area contributed by atoms with E-state index in [0.717, 1.165) is 11.3 Å². The first-order chi connectivity index (χ1) is 14.2. The van der Waals surface area contributed by atoms with Gasteiger partial charge < -0.3 is 19.5 Å². The van der Waals surface area contributed by atoms with E-state index in [-0.39, 0.29) is 11.8 Å². The number of nitrogens with one attached hydrogen (secondary N) is 1. The summed E-state index contributed by atoms with van der Waals surface area (Å²) in [4.78, 5) is 32.9. The van der Waals surface area contributed by atoms with Crippen LogP contribution < -0.4 is 5.32 Å². The molecular formula is C22H22N4O3.